The molecule has 0 spiro atoms. The SMILES string of the molecule is CCC[C@@H](C)NS(=O)(=O)c1cc(C(=O)O)ccc1NC(C)C. The van der Waals surface area contributed by atoms with E-state index >= 15 is 0 Å². The van der Waals surface area contributed by atoms with E-state index in [0.29, 0.717) is 12.1 Å². The zero-order chi connectivity index (χ0) is 16.9. The summed E-state index contributed by atoms with van der Waals surface area (Å²) < 4.78 is 27.7. The van der Waals surface area contributed by atoms with E-state index in [1.165, 1.54) is 18.2 Å². The van der Waals surface area contributed by atoms with Gasteiger partial charge in [-0.25, -0.2) is 17.9 Å². The molecular formula is C15H24N2O4S. The van der Waals surface area contributed by atoms with Crippen LogP contribution in [0.15, 0.2) is 23.1 Å². The number of aromatic carboxylic acids is 1. The van der Waals surface area contributed by atoms with Gasteiger partial charge in [0.25, 0.3) is 0 Å². The van der Waals surface area contributed by atoms with Crippen molar-refractivity contribution < 1.29 is 18.3 Å². The smallest absolute Gasteiger partial charge is 0.335 e. The lowest BCUT2D eigenvalue weighted by Crippen LogP contribution is -2.33. The highest BCUT2D eigenvalue weighted by molar-refractivity contribution is 7.89. The number of carboxylic acids is 1. The van der Waals surface area contributed by atoms with Crippen molar-refractivity contribution in [1.29, 1.82) is 0 Å². The molecule has 0 heterocycles. The van der Waals surface area contributed by atoms with Gasteiger partial charge in [-0.15, -0.1) is 0 Å². The standard InChI is InChI=1S/C15H24N2O4S/c1-5-6-11(4)17-22(20,21)14-9-12(15(18)19)7-8-13(14)16-10(2)3/h7-11,16-17H,5-6H2,1-4H3,(H,18,19)/t11-/m1/s1. The maximum absolute atomic E-state index is 12.6. The average Bonchev–Trinajstić information content (AvgIpc) is 2.37. The Morgan fingerprint density at radius 2 is 1.91 bits per heavy atom. The van der Waals surface area contributed by atoms with Crippen LogP contribution in [0, 0.1) is 0 Å². The third-order valence-corrected chi connectivity index (χ3v) is 4.67. The number of sulfonamides is 1. The molecule has 1 atom stereocenters. The van der Waals surface area contributed by atoms with Gasteiger partial charge < -0.3 is 10.4 Å². The first-order valence-electron chi connectivity index (χ1n) is 7.33. The van der Waals surface area contributed by atoms with Crippen molar-refractivity contribution in [3.63, 3.8) is 0 Å². The minimum Gasteiger partial charge on any atom is -0.478 e. The van der Waals surface area contributed by atoms with Gasteiger partial charge in [0.15, 0.2) is 0 Å². The minimum absolute atomic E-state index is 0.0256. The van der Waals surface area contributed by atoms with Gasteiger partial charge in [-0.1, -0.05) is 13.3 Å². The zero-order valence-corrected chi connectivity index (χ0v) is 14.2. The molecule has 0 aliphatic heterocycles. The molecule has 0 aliphatic carbocycles. The maximum Gasteiger partial charge on any atom is 0.335 e. The molecule has 6 nitrogen and oxygen atoms in total. The lowest BCUT2D eigenvalue weighted by atomic mass is 10.2. The Hall–Kier alpha value is -1.60. The monoisotopic (exact) mass is 328 g/mol. The first-order valence-corrected chi connectivity index (χ1v) is 8.82. The summed E-state index contributed by atoms with van der Waals surface area (Å²) in [7, 11) is -3.79. The largest absolute Gasteiger partial charge is 0.478 e. The van der Waals surface area contributed by atoms with Crippen LogP contribution in [0.1, 0.15) is 50.9 Å². The molecule has 0 radical (unpaired) electrons. The summed E-state index contributed by atoms with van der Waals surface area (Å²) in [5.41, 5.74) is 0.342. The van der Waals surface area contributed by atoms with Crippen LogP contribution in [0.2, 0.25) is 0 Å². The van der Waals surface area contributed by atoms with Crippen molar-refractivity contribution in [2.24, 2.45) is 0 Å². The molecule has 1 aromatic carbocycles. The Morgan fingerprint density at radius 3 is 2.41 bits per heavy atom. The number of carboxylic acid groups (broad SMARTS) is 1. The number of nitrogens with one attached hydrogen (secondary N) is 2. The molecule has 1 aromatic rings. The van der Waals surface area contributed by atoms with Crippen molar-refractivity contribution in [3.05, 3.63) is 23.8 Å². The third kappa shape index (κ3) is 4.99. The van der Waals surface area contributed by atoms with Crippen LogP contribution in [-0.2, 0) is 10.0 Å². The van der Waals surface area contributed by atoms with Crippen LogP contribution in [0.4, 0.5) is 5.69 Å². The van der Waals surface area contributed by atoms with E-state index in [9.17, 15) is 13.2 Å². The molecule has 0 bridgehead atoms. The Bertz CT molecular complexity index is 626. The van der Waals surface area contributed by atoms with Gasteiger partial charge in [-0.3, -0.25) is 0 Å². The first kappa shape index (κ1) is 18.4. The van der Waals surface area contributed by atoms with Crippen LogP contribution >= 0.6 is 0 Å². The molecule has 0 aromatic heterocycles. The molecule has 0 saturated carbocycles. The highest BCUT2D eigenvalue weighted by Gasteiger charge is 2.22. The molecule has 124 valence electrons. The summed E-state index contributed by atoms with van der Waals surface area (Å²) in [5, 5.41) is 12.1. The van der Waals surface area contributed by atoms with Crippen LogP contribution in [0.25, 0.3) is 0 Å². The number of hydrogen-bond donors (Lipinski definition) is 3. The van der Waals surface area contributed by atoms with Gasteiger partial charge in [0.2, 0.25) is 10.0 Å². The van der Waals surface area contributed by atoms with Gasteiger partial charge in [-0.2, -0.15) is 0 Å². The second-order valence-corrected chi connectivity index (χ2v) is 7.31. The highest BCUT2D eigenvalue weighted by atomic mass is 32.2. The van der Waals surface area contributed by atoms with Crippen LogP contribution < -0.4 is 10.0 Å². The van der Waals surface area contributed by atoms with Gasteiger partial charge in [0.1, 0.15) is 4.90 Å². The van der Waals surface area contributed by atoms with Gasteiger partial charge in [-0.05, 0) is 45.4 Å². The van der Waals surface area contributed by atoms with E-state index in [1.807, 2.05) is 20.8 Å². The van der Waals surface area contributed by atoms with Crippen LogP contribution in [0.5, 0.6) is 0 Å². The maximum atomic E-state index is 12.6. The van der Waals surface area contributed by atoms with Gasteiger partial charge >= 0.3 is 5.97 Å². The van der Waals surface area contributed by atoms with E-state index in [4.69, 9.17) is 5.11 Å². The number of rotatable bonds is 8. The molecule has 7 heteroatoms. The van der Waals surface area contributed by atoms with E-state index in [-0.39, 0.29) is 22.5 Å². The number of anilines is 1. The molecule has 0 unspecified atom stereocenters. The van der Waals surface area contributed by atoms with Crippen molar-refractivity contribution >= 4 is 21.7 Å². The first-order chi connectivity index (χ1) is 10.2. The van der Waals surface area contributed by atoms with Crippen molar-refractivity contribution in [2.45, 2.75) is 57.5 Å². The van der Waals surface area contributed by atoms with Gasteiger partial charge in [0.05, 0.1) is 11.3 Å². The molecular weight excluding hydrogens is 304 g/mol. The third-order valence-electron chi connectivity index (χ3n) is 3.04. The Labute approximate surface area is 132 Å². The predicted octanol–water partition coefficient (Wildman–Crippen LogP) is 2.67. The Balaban J connectivity index is 3.27. The molecule has 0 fully saturated rings. The summed E-state index contributed by atoms with van der Waals surface area (Å²) in [6.45, 7) is 7.53. The van der Waals surface area contributed by atoms with E-state index in [0.717, 1.165) is 6.42 Å². The lowest BCUT2D eigenvalue weighted by molar-refractivity contribution is 0.0696. The topological polar surface area (TPSA) is 95.5 Å². The summed E-state index contributed by atoms with van der Waals surface area (Å²) in [5.74, 6) is -1.16. The Kier molecular flexibility index (Phi) is 6.37. The fourth-order valence-electron chi connectivity index (χ4n) is 2.13. The molecule has 3 N–H and O–H groups in total. The zero-order valence-electron chi connectivity index (χ0n) is 13.4. The van der Waals surface area contributed by atoms with Crippen LogP contribution in [0.3, 0.4) is 0 Å². The molecule has 0 amide bonds. The summed E-state index contributed by atoms with van der Waals surface area (Å²) in [4.78, 5) is 11.1. The number of hydrogen-bond acceptors (Lipinski definition) is 4. The van der Waals surface area contributed by atoms with Crippen molar-refractivity contribution in [3.8, 4) is 0 Å². The lowest BCUT2D eigenvalue weighted by Gasteiger charge is -2.18. The fraction of sp³-hybridized carbons (Fsp3) is 0.533. The second kappa shape index (κ2) is 7.60. The summed E-state index contributed by atoms with van der Waals surface area (Å²) in [6, 6.07) is 3.88. The molecule has 1 rings (SSSR count). The van der Waals surface area contributed by atoms with E-state index in [2.05, 4.69) is 10.0 Å². The fourth-order valence-corrected chi connectivity index (χ4v) is 3.60. The molecule has 22 heavy (non-hydrogen) atoms. The second-order valence-electron chi connectivity index (χ2n) is 5.63. The minimum atomic E-state index is -3.79. The van der Waals surface area contributed by atoms with Gasteiger partial charge in [0, 0.05) is 12.1 Å². The Morgan fingerprint density at radius 1 is 1.27 bits per heavy atom. The average molecular weight is 328 g/mol. The van der Waals surface area contributed by atoms with Crippen molar-refractivity contribution in [1.82, 2.24) is 4.72 Å². The van der Waals surface area contributed by atoms with Crippen molar-refractivity contribution in [2.75, 3.05) is 5.32 Å². The molecule has 0 aliphatic rings. The van der Waals surface area contributed by atoms with E-state index < -0.39 is 16.0 Å². The normalized spacial score (nSPS) is 13.1. The van der Waals surface area contributed by atoms with Crippen LogP contribution in [-0.4, -0.2) is 31.6 Å². The highest BCUT2D eigenvalue weighted by Crippen LogP contribution is 2.24. The quantitative estimate of drug-likeness (QED) is 0.682. The summed E-state index contributed by atoms with van der Waals surface area (Å²) >= 11 is 0. The van der Waals surface area contributed by atoms with E-state index in [1.54, 1.807) is 6.92 Å². The summed E-state index contributed by atoms with van der Waals surface area (Å²) in [6.07, 6.45) is 1.57. The predicted molar refractivity (Wildman–Crippen MR) is 86.9 cm³/mol. The number of benzene rings is 1. The molecule has 0 saturated heterocycles. The number of carbonyl (C=O) groups is 1.